The molecule has 0 heterocycles. The van der Waals surface area contributed by atoms with Crippen LogP contribution in [0.15, 0.2) is 24.3 Å². The van der Waals surface area contributed by atoms with E-state index in [2.05, 4.69) is 5.32 Å². The van der Waals surface area contributed by atoms with Crippen molar-refractivity contribution in [2.45, 2.75) is 38.8 Å². The summed E-state index contributed by atoms with van der Waals surface area (Å²) in [4.78, 5) is 33.2. The zero-order valence-corrected chi connectivity index (χ0v) is 12.4. The number of alkyl carbamates (subject to hydrolysis) is 1. The summed E-state index contributed by atoms with van der Waals surface area (Å²) in [7, 11) is 0. The van der Waals surface area contributed by atoms with Crippen LogP contribution in [0.25, 0.3) is 0 Å². The Kier molecular flexibility index (Phi) is 4.67. The number of nitro groups is 1. The number of ether oxygens (including phenoxy) is 1. The van der Waals surface area contributed by atoms with E-state index < -0.39 is 22.2 Å². The Hall–Kier alpha value is -2.44. The quantitative estimate of drug-likeness (QED) is 0.522. The van der Waals surface area contributed by atoms with Crippen molar-refractivity contribution in [2.75, 3.05) is 0 Å². The highest BCUT2D eigenvalue weighted by atomic mass is 16.6. The minimum absolute atomic E-state index is 0.0933. The molecule has 1 rings (SSSR count). The number of nitrogens with zero attached hydrogens (tertiary/aromatic N) is 1. The first-order valence-electron chi connectivity index (χ1n) is 6.30. The number of amides is 1. The molecule has 0 radical (unpaired) electrons. The van der Waals surface area contributed by atoms with Gasteiger partial charge in [-0.05, 0) is 45.4 Å². The van der Waals surface area contributed by atoms with Gasteiger partial charge < -0.3 is 14.8 Å². The molecule has 0 fully saturated rings. The number of carbonyl (C=O) groups excluding carboxylic acids is 2. The highest BCUT2D eigenvalue weighted by Gasteiger charge is 2.30. The second-order valence-electron chi connectivity index (χ2n) is 5.75. The molecule has 0 aromatic heterocycles. The van der Waals surface area contributed by atoms with E-state index in [1.165, 1.54) is 31.2 Å². The van der Waals surface area contributed by atoms with Crippen molar-refractivity contribution in [1.29, 1.82) is 0 Å². The lowest BCUT2D eigenvalue weighted by atomic mass is 9.93. The van der Waals surface area contributed by atoms with Gasteiger partial charge in [-0.25, -0.2) is 4.79 Å². The Morgan fingerprint density at radius 2 is 1.76 bits per heavy atom. The number of rotatable bonds is 4. The molecule has 1 atom stereocenters. The van der Waals surface area contributed by atoms with Crippen LogP contribution in [-0.2, 0) is 15.1 Å². The molecule has 21 heavy (non-hydrogen) atoms. The zero-order valence-electron chi connectivity index (χ0n) is 12.4. The lowest BCUT2D eigenvalue weighted by molar-refractivity contribution is -0.384. The van der Waals surface area contributed by atoms with Crippen molar-refractivity contribution in [3.8, 4) is 0 Å². The number of benzene rings is 1. The van der Waals surface area contributed by atoms with Gasteiger partial charge in [0.15, 0.2) is 0 Å². The van der Waals surface area contributed by atoms with E-state index in [1.807, 2.05) is 0 Å². The summed E-state index contributed by atoms with van der Waals surface area (Å²) in [6.07, 6.45) is -0.187. The van der Waals surface area contributed by atoms with E-state index >= 15 is 0 Å². The van der Waals surface area contributed by atoms with Crippen LogP contribution in [0.3, 0.4) is 0 Å². The first kappa shape index (κ1) is 16.6. The van der Waals surface area contributed by atoms with Crippen LogP contribution in [0.5, 0.6) is 0 Å². The third-order valence-electron chi connectivity index (χ3n) is 2.67. The van der Waals surface area contributed by atoms with Crippen LogP contribution in [0.4, 0.5) is 10.5 Å². The summed E-state index contributed by atoms with van der Waals surface area (Å²) in [6.45, 7) is 6.61. The number of carbonyl (C=O) groups is 2. The fraction of sp³-hybridized carbons (Fsp3) is 0.429. The topological polar surface area (TPSA) is 98.5 Å². The third-order valence-corrected chi connectivity index (χ3v) is 2.67. The molecule has 1 unspecified atom stereocenters. The average molecular weight is 294 g/mol. The van der Waals surface area contributed by atoms with Crippen LogP contribution in [0, 0.1) is 10.1 Å². The molecular weight excluding hydrogens is 276 g/mol. The van der Waals surface area contributed by atoms with E-state index in [0.29, 0.717) is 11.8 Å². The van der Waals surface area contributed by atoms with E-state index in [0.717, 1.165) is 0 Å². The standard InChI is InChI=1S/C14H18N2O5/c1-13(2,3)21-12(18)15-14(4,9-17)10-5-7-11(8-6-10)16(19)20/h5-9H,1-4H3,(H,15,18). The molecule has 0 spiro atoms. The van der Waals surface area contributed by atoms with Crippen LogP contribution >= 0.6 is 0 Å². The Balaban J connectivity index is 2.96. The number of hydrogen-bond donors (Lipinski definition) is 1. The van der Waals surface area contributed by atoms with Crippen LogP contribution < -0.4 is 5.32 Å². The highest BCUT2D eigenvalue weighted by Crippen LogP contribution is 2.22. The van der Waals surface area contributed by atoms with Gasteiger partial charge >= 0.3 is 6.09 Å². The van der Waals surface area contributed by atoms with E-state index in [9.17, 15) is 19.7 Å². The van der Waals surface area contributed by atoms with E-state index in [4.69, 9.17) is 4.74 Å². The summed E-state index contributed by atoms with van der Waals surface area (Å²) >= 11 is 0. The van der Waals surface area contributed by atoms with Crippen molar-refractivity contribution in [3.63, 3.8) is 0 Å². The molecule has 114 valence electrons. The van der Waals surface area contributed by atoms with Gasteiger partial charge in [0.25, 0.3) is 5.69 Å². The molecule has 1 aromatic carbocycles. The Bertz CT molecular complexity index is 547. The summed E-state index contributed by atoms with van der Waals surface area (Å²) in [5.41, 5.74) is -1.68. The second kappa shape index (κ2) is 5.90. The van der Waals surface area contributed by atoms with Gasteiger partial charge in [0.2, 0.25) is 0 Å². The normalized spacial score (nSPS) is 13.9. The minimum Gasteiger partial charge on any atom is -0.444 e. The molecule has 1 aromatic rings. The molecule has 1 N–H and O–H groups in total. The van der Waals surface area contributed by atoms with Crippen molar-refractivity contribution >= 4 is 18.1 Å². The largest absolute Gasteiger partial charge is 0.444 e. The van der Waals surface area contributed by atoms with Crippen molar-refractivity contribution in [3.05, 3.63) is 39.9 Å². The van der Waals surface area contributed by atoms with Gasteiger partial charge in [0.1, 0.15) is 17.4 Å². The number of non-ortho nitro benzene ring substituents is 1. The van der Waals surface area contributed by atoms with Gasteiger partial charge in [0.05, 0.1) is 4.92 Å². The predicted molar refractivity (Wildman–Crippen MR) is 75.9 cm³/mol. The summed E-state index contributed by atoms with van der Waals surface area (Å²) in [5.74, 6) is 0. The van der Waals surface area contributed by atoms with Gasteiger partial charge in [-0.3, -0.25) is 10.1 Å². The molecule has 7 nitrogen and oxygen atoms in total. The van der Waals surface area contributed by atoms with E-state index in [1.54, 1.807) is 20.8 Å². The fourth-order valence-electron chi connectivity index (χ4n) is 1.61. The highest BCUT2D eigenvalue weighted by molar-refractivity contribution is 5.78. The summed E-state index contributed by atoms with van der Waals surface area (Å²) < 4.78 is 5.10. The number of aldehydes is 1. The van der Waals surface area contributed by atoms with Gasteiger partial charge in [-0.1, -0.05) is 0 Å². The zero-order chi connectivity index (χ0) is 16.3. The lowest BCUT2D eigenvalue weighted by Gasteiger charge is -2.27. The van der Waals surface area contributed by atoms with Gasteiger partial charge in [-0.2, -0.15) is 0 Å². The van der Waals surface area contributed by atoms with Gasteiger partial charge in [0, 0.05) is 12.1 Å². The van der Waals surface area contributed by atoms with Crippen molar-refractivity contribution < 1.29 is 19.2 Å². The average Bonchev–Trinajstić information content (AvgIpc) is 2.36. The Morgan fingerprint density at radius 1 is 1.24 bits per heavy atom. The first-order valence-corrected chi connectivity index (χ1v) is 6.30. The molecule has 0 aliphatic carbocycles. The van der Waals surface area contributed by atoms with Crippen molar-refractivity contribution in [2.24, 2.45) is 0 Å². The van der Waals surface area contributed by atoms with Crippen molar-refractivity contribution in [1.82, 2.24) is 5.32 Å². The van der Waals surface area contributed by atoms with Crippen LogP contribution in [0.2, 0.25) is 0 Å². The number of nitro benzene ring substituents is 1. The van der Waals surface area contributed by atoms with E-state index in [-0.39, 0.29) is 5.69 Å². The molecule has 0 aliphatic rings. The Labute approximate surface area is 122 Å². The van der Waals surface area contributed by atoms with Gasteiger partial charge in [-0.15, -0.1) is 0 Å². The summed E-state index contributed by atoms with van der Waals surface area (Å²) in [6, 6.07) is 5.38. The molecular formula is C14H18N2O5. The minimum atomic E-state index is -1.32. The molecule has 0 saturated heterocycles. The molecule has 0 saturated carbocycles. The Morgan fingerprint density at radius 3 is 2.14 bits per heavy atom. The monoisotopic (exact) mass is 294 g/mol. The number of hydrogen-bond acceptors (Lipinski definition) is 5. The number of nitrogens with one attached hydrogen (secondary N) is 1. The molecule has 0 aliphatic heterocycles. The van der Waals surface area contributed by atoms with Crippen LogP contribution in [0.1, 0.15) is 33.3 Å². The molecule has 0 bridgehead atoms. The SMILES string of the molecule is CC(C)(C)OC(=O)NC(C)(C=O)c1ccc([N+](=O)[O-])cc1. The first-order chi connectivity index (χ1) is 9.57. The smallest absolute Gasteiger partial charge is 0.408 e. The fourth-order valence-corrected chi connectivity index (χ4v) is 1.61. The summed E-state index contributed by atoms with van der Waals surface area (Å²) in [5, 5.41) is 13.1. The molecule has 7 heteroatoms. The second-order valence-corrected chi connectivity index (χ2v) is 5.75. The lowest BCUT2D eigenvalue weighted by Crippen LogP contribution is -2.46. The van der Waals surface area contributed by atoms with Crippen LogP contribution in [-0.4, -0.2) is 22.9 Å². The maximum Gasteiger partial charge on any atom is 0.408 e. The maximum atomic E-state index is 11.8. The molecule has 1 amide bonds. The predicted octanol–water partition coefficient (Wildman–Crippen LogP) is 2.53. The third kappa shape index (κ3) is 4.55. The maximum absolute atomic E-state index is 11.8.